The molecule has 1 saturated carbocycles. The summed E-state index contributed by atoms with van der Waals surface area (Å²) >= 11 is 0. The lowest BCUT2D eigenvalue weighted by Crippen LogP contribution is -2.49. The fourth-order valence-electron chi connectivity index (χ4n) is 2.38. The Labute approximate surface area is 102 Å². The molecule has 2 rings (SSSR count). The quantitative estimate of drug-likeness (QED) is 0.819. The van der Waals surface area contributed by atoms with Crippen LogP contribution in [0.15, 0.2) is 24.3 Å². The minimum Gasteiger partial charge on any atom is -0.348 e. The van der Waals surface area contributed by atoms with Gasteiger partial charge in [-0.05, 0) is 31.9 Å². The molecule has 0 aliphatic heterocycles. The Bertz CT molecular complexity index is 403. The summed E-state index contributed by atoms with van der Waals surface area (Å²) in [4.78, 5) is 12.0. The third kappa shape index (κ3) is 3.07. The van der Waals surface area contributed by atoms with Crippen molar-refractivity contribution < 1.29 is 4.79 Å². The van der Waals surface area contributed by atoms with Gasteiger partial charge in [-0.15, -0.1) is 0 Å². The van der Waals surface area contributed by atoms with Crippen molar-refractivity contribution in [2.45, 2.75) is 44.7 Å². The molecule has 1 aromatic carbocycles. The fourth-order valence-corrected chi connectivity index (χ4v) is 2.38. The number of nitrogens with one attached hydrogen (secondary N) is 1. The molecule has 3 N–H and O–H groups in total. The van der Waals surface area contributed by atoms with Gasteiger partial charge in [0, 0.05) is 17.6 Å². The van der Waals surface area contributed by atoms with Crippen LogP contribution in [0, 0.1) is 6.92 Å². The van der Waals surface area contributed by atoms with Crippen molar-refractivity contribution >= 4 is 5.91 Å². The summed E-state index contributed by atoms with van der Waals surface area (Å²) in [5, 5.41) is 3.05. The number of carbonyl (C=O) groups is 1. The lowest BCUT2D eigenvalue weighted by molar-refractivity contribution is 0.0921. The Hall–Kier alpha value is -1.35. The predicted octanol–water partition coefficient (Wildman–Crippen LogP) is 1.99. The van der Waals surface area contributed by atoms with Crippen molar-refractivity contribution in [2.75, 3.05) is 0 Å². The number of rotatable bonds is 2. The number of hydrogen-bond acceptors (Lipinski definition) is 2. The summed E-state index contributed by atoms with van der Waals surface area (Å²) in [5.74, 6) is -0.00366. The van der Waals surface area contributed by atoms with E-state index in [1.165, 1.54) is 6.42 Å². The Balaban J connectivity index is 2.01. The molecule has 0 saturated heterocycles. The lowest BCUT2D eigenvalue weighted by Gasteiger charge is -2.29. The van der Waals surface area contributed by atoms with E-state index in [-0.39, 0.29) is 18.0 Å². The van der Waals surface area contributed by atoms with Crippen LogP contribution in [0.3, 0.4) is 0 Å². The second-order valence-corrected chi connectivity index (χ2v) is 4.90. The van der Waals surface area contributed by atoms with E-state index in [1.54, 1.807) is 0 Å². The van der Waals surface area contributed by atoms with E-state index in [0.29, 0.717) is 0 Å². The van der Waals surface area contributed by atoms with Gasteiger partial charge >= 0.3 is 0 Å². The molecular weight excluding hydrogens is 212 g/mol. The van der Waals surface area contributed by atoms with E-state index < -0.39 is 0 Å². The lowest BCUT2D eigenvalue weighted by atomic mass is 9.91. The van der Waals surface area contributed by atoms with Crippen molar-refractivity contribution in [2.24, 2.45) is 5.73 Å². The third-order valence-corrected chi connectivity index (χ3v) is 3.42. The van der Waals surface area contributed by atoms with E-state index in [4.69, 9.17) is 5.73 Å². The van der Waals surface area contributed by atoms with Crippen molar-refractivity contribution in [1.82, 2.24) is 5.32 Å². The molecule has 0 heterocycles. The molecule has 1 aliphatic rings. The molecule has 17 heavy (non-hydrogen) atoms. The van der Waals surface area contributed by atoms with Gasteiger partial charge in [-0.1, -0.05) is 30.5 Å². The number of amides is 1. The molecule has 0 aromatic heterocycles. The Kier molecular flexibility index (Phi) is 3.79. The Morgan fingerprint density at radius 3 is 2.82 bits per heavy atom. The Morgan fingerprint density at radius 1 is 1.35 bits per heavy atom. The maximum atomic E-state index is 12.0. The smallest absolute Gasteiger partial charge is 0.251 e. The zero-order valence-corrected chi connectivity index (χ0v) is 10.3. The van der Waals surface area contributed by atoms with Crippen molar-refractivity contribution in [1.29, 1.82) is 0 Å². The van der Waals surface area contributed by atoms with Crippen LogP contribution in [0.1, 0.15) is 41.6 Å². The van der Waals surface area contributed by atoms with Crippen LogP contribution >= 0.6 is 0 Å². The first-order chi connectivity index (χ1) is 8.16. The number of hydrogen-bond donors (Lipinski definition) is 2. The highest BCUT2D eigenvalue weighted by molar-refractivity contribution is 5.94. The maximum Gasteiger partial charge on any atom is 0.251 e. The molecular formula is C14H20N2O. The Morgan fingerprint density at radius 2 is 2.12 bits per heavy atom. The maximum absolute atomic E-state index is 12.0. The molecule has 2 atom stereocenters. The SMILES string of the molecule is Cc1cccc(C(=O)N[C@@H]2CCCC[C@H]2N)c1. The minimum absolute atomic E-state index is 0.00366. The highest BCUT2D eigenvalue weighted by Gasteiger charge is 2.23. The average Bonchev–Trinajstić information content (AvgIpc) is 2.32. The first-order valence-corrected chi connectivity index (χ1v) is 6.30. The molecule has 0 bridgehead atoms. The van der Waals surface area contributed by atoms with E-state index in [2.05, 4.69) is 5.32 Å². The van der Waals surface area contributed by atoms with Crippen LogP contribution in [0.5, 0.6) is 0 Å². The number of aryl methyl sites for hydroxylation is 1. The topological polar surface area (TPSA) is 55.1 Å². The van der Waals surface area contributed by atoms with E-state index >= 15 is 0 Å². The first kappa shape index (κ1) is 12.1. The minimum atomic E-state index is -0.00366. The monoisotopic (exact) mass is 232 g/mol. The van der Waals surface area contributed by atoms with Crippen molar-refractivity contribution in [3.8, 4) is 0 Å². The average molecular weight is 232 g/mol. The van der Waals surface area contributed by atoms with Gasteiger partial charge in [0.15, 0.2) is 0 Å². The fraction of sp³-hybridized carbons (Fsp3) is 0.500. The summed E-state index contributed by atoms with van der Waals surface area (Å²) in [6.07, 6.45) is 4.35. The summed E-state index contributed by atoms with van der Waals surface area (Å²) in [7, 11) is 0. The molecule has 92 valence electrons. The molecule has 1 aliphatic carbocycles. The van der Waals surface area contributed by atoms with Crippen molar-refractivity contribution in [3.63, 3.8) is 0 Å². The molecule has 1 fully saturated rings. The van der Waals surface area contributed by atoms with Crippen LogP contribution in [-0.4, -0.2) is 18.0 Å². The predicted molar refractivity (Wildman–Crippen MR) is 68.9 cm³/mol. The standard InChI is InChI=1S/C14H20N2O/c1-10-5-4-6-11(9-10)14(17)16-13-8-3-2-7-12(13)15/h4-6,9,12-13H,2-3,7-8,15H2,1H3,(H,16,17)/t12-,13-/m1/s1. The van der Waals surface area contributed by atoms with Gasteiger partial charge in [0.2, 0.25) is 0 Å². The summed E-state index contributed by atoms with van der Waals surface area (Å²) in [5.41, 5.74) is 7.85. The van der Waals surface area contributed by atoms with Gasteiger partial charge in [-0.2, -0.15) is 0 Å². The van der Waals surface area contributed by atoms with E-state index in [0.717, 1.165) is 30.4 Å². The molecule has 1 amide bonds. The zero-order valence-electron chi connectivity index (χ0n) is 10.3. The van der Waals surface area contributed by atoms with Gasteiger partial charge in [-0.3, -0.25) is 4.79 Å². The summed E-state index contributed by atoms with van der Waals surface area (Å²) in [6.45, 7) is 1.99. The van der Waals surface area contributed by atoms with Gasteiger partial charge in [0.1, 0.15) is 0 Å². The van der Waals surface area contributed by atoms with Crippen LogP contribution in [0.25, 0.3) is 0 Å². The molecule has 1 aromatic rings. The molecule has 3 heteroatoms. The molecule has 0 radical (unpaired) electrons. The third-order valence-electron chi connectivity index (χ3n) is 3.42. The second kappa shape index (κ2) is 5.32. The van der Waals surface area contributed by atoms with Crippen LogP contribution in [-0.2, 0) is 0 Å². The molecule has 3 nitrogen and oxygen atoms in total. The first-order valence-electron chi connectivity index (χ1n) is 6.30. The number of carbonyl (C=O) groups excluding carboxylic acids is 1. The normalized spacial score (nSPS) is 24.4. The molecule has 0 unspecified atom stereocenters. The van der Waals surface area contributed by atoms with Crippen LogP contribution in [0.4, 0.5) is 0 Å². The zero-order chi connectivity index (χ0) is 12.3. The van der Waals surface area contributed by atoms with Crippen LogP contribution < -0.4 is 11.1 Å². The highest BCUT2D eigenvalue weighted by atomic mass is 16.1. The summed E-state index contributed by atoms with van der Waals surface area (Å²) in [6, 6.07) is 7.89. The van der Waals surface area contributed by atoms with Gasteiger partial charge in [-0.25, -0.2) is 0 Å². The van der Waals surface area contributed by atoms with Crippen molar-refractivity contribution in [3.05, 3.63) is 35.4 Å². The second-order valence-electron chi connectivity index (χ2n) is 4.90. The number of benzene rings is 1. The van der Waals surface area contributed by atoms with Gasteiger partial charge < -0.3 is 11.1 Å². The van der Waals surface area contributed by atoms with E-state index in [1.807, 2.05) is 31.2 Å². The largest absolute Gasteiger partial charge is 0.348 e. The van der Waals surface area contributed by atoms with Crippen LogP contribution in [0.2, 0.25) is 0 Å². The van der Waals surface area contributed by atoms with Gasteiger partial charge in [0.25, 0.3) is 5.91 Å². The van der Waals surface area contributed by atoms with Gasteiger partial charge in [0.05, 0.1) is 0 Å². The summed E-state index contributed by atoms with van der Waals surface area (Å²) < 4.78 is 0. The number of nitrogens with two attached hydrogens (primary N) is 1. The molecule has 0 spiro atoms. The highest BCUT2D eigenvalue weighted by Crippen LogP contribution is 2.17. The van der Waals surface area contributed by atoms with E-state index in [9.17, 15) is 4.79 Å².